The second-order valence-corrected chi connectivity index (χ2v) is 9.77. The Bertz CT molecular complexity index is 871. The molecule has 0 aromatic heterocycles. The largest absolute Gasteiger partial charge is 0.369 e. The van der Waals surface area contributed by atoms with Crippen molar-refractivity contribution in [2.45, 2.75) is 24.0 Å². The van der Waals surface area contributed by atoms with Crippen LogP contribution in [0.2, 0.25) is 5.02 Å². The van der Waals surface area contributed by atoms with Crippen LogP contribution < -0.4 is 15.5 Å². The fourth-order valence-corrected chi connectivity index (χ4v) is 5.04. The number of amides is 2. The first-order chi connectivity index (χ1) is 13.9. The van der Waals surface area contributed by atoms with Crippen molar-refractivity contribution in [3.63, 3.8) is 0 Å². The second-order valence-electron chi connectivity index (χ2n) is 6.72. The first kappa shape index (κ1) is 21.9. The fourth-order valence-electron chi connectivity index (χ4n) is 2.97. The zero-order valence-corrected chi connectivity index (χ0v) is 18.8. The molecule has 1 unspecified atom stereocenters. The Morgan fingerprint density at radius 2 is 1.72 bits per heavy atom. The van der Waals surface area contributed by atoms with Crippen LogP contribution in [-0.2, 0) is 9.59 Å². The molecule has 0 saturated carbocycles. The summed E-state index contributed by atoms with van der Waals surface area (Å²) in [5.74, 6) is 2.02. The molecule has 1 heterocycles. The van der Waals surface area contributed by atoms with Gasteiger partial charge in [-0.3, -0.25) is 9.59 Å². The molecule has 0 aliphatic carbocycles. The zero-order valence-electron chi connectivity index (χ0n) is 16.4. The SMILES string of the molecule is CC(=O)Nc1ccc(SC(C)C(=O)Nc2ccc(N3CCSCC3)c(Cl)c2)cc1. The maximum atomic E-state index is 12.6. The Balaban J connectivity index is 1.57. The van der Waals surface area contributed by atoms with Gasteiger partial charge in [-0.15, -0.1) is 11.8 Å². The van der Waals surface area contributed by atoms with Crippen molar-refractivity contribution in [1.29, 1.82) is 0 Å². The summed E-state index contributed by atoms with van der Waals surface area (Å²) in [4.78, 5) is 26.9. The van der Waals surface area contributed by atoms with E-state index in [4.69, 9.17) is 11.6 Å². The molecule has 2 aromatic carbocycles. The average molecular weight is 450 g/mol. The molecule has 1 saturated heterocycles. The number of halogens is 1. The summed E-state index contributed by atoms with van der Waals surface area (Å²) in [5, 5.41) is 6.05. The summed E-state index contributed by atoms with van der Waals surface area (Å²) in [6, 6.07) is 13.1. The summed E-state index contributed by atoms with van der Waals surface area (Å²) in [5.41, 5.74) is 2.45. The van der Waals surface area contributed by atoms with E-state index in [0.29, 0.717) is 10.7 Å². The van der Waals surface area contributed by atoms with Gasteiger partial charge in [0.15, 0.2) is 0 Å². The highest BCUT2D eigenvalue weighted by atomic mass is 35.5. The van der Waals surface area contributed by atoms with Gasteiger partial charge in [-0.05, 0) is 49.4 Å². The highest BCUT2D eigenvalue weighted by molar-refractivity contribution is 8.00. The molecule has 3 rings (SSSR count). The predicted molar refractivity (Wildman–Crippen MR) is 126 cm³/mol. The summed E-state index contributed by atoms with van der Waals surface area (Å²) in [7, 11) is 0. The minimum atomic E-state index is -0.279. The zero-order chi connectivity index (χ0) is 20.8. The van der Waals surface area contributed by atoms with Crippen LogP contribution in [0.5, 0.6) is 0 Å². The lowest BCUT2D eigenvalue weighted by molar-refractivity contribution is -0.115. The lowest BCUT2D eigenvalue weighted by Crippen LogP contribution is -2.32. The van der Waals surface area contributed by atoms with Crippen LogP contribution in [0.4, 0.5) is 17.1 Å². The number of hydrogen-bond acceptors (Lipinski definition) is 5. The standard InChI is InChI=1S/C21H24ClN3O2S2/c1-14(29-18-6-3-16(4-7-18)23-15(2)26)21(27)24-17-5-8-20(19(22)13-17)25-9-11-28-12-10-25/h3-8,13-14H,9-12H2,1-2H3,(H,23,26)(H,24,27). The topological polar surface area (TPSA) is 61.4 Å². The molecule has 29 heavy (non-hydrogen) atoms. The van der Waals surface area contributed by atoms with Crippen molar-refractivity contribution in [3.8, 4) is 0 Å². The first-order valence-corrected chi connectivity index (χ1v) is 11.8. The van der Waals surface area contributed by atoms with E-state index in [9.17, 15) is 9.59 Å². The lowest BCUT2D eigenvalue weighted by Gasteiger charge is -2.29. The fraction of sp³-hybridized carbons (Fsp3) is 0.333. The third kappa shape index (κ3) is 6.32. The minimum Gasteiger partial charge on any atom is -0.369 e. The molecule has 1 aliphatic rings. The van der Waals surface area contributed by atoms with Gasteiger partial charge >= 0.3 is 0 Å². The first-order valence-electron chi connectivity index (χ1n) is 9.40. The molecule has 2 aromatic rings. The maximum Gasteiger partial charge on any atom is 0.237 e. The van der Waals surface area contributed by atoms with Crippen molar-refractivity contribution in [3.05, 3.63) is 47.5 Å². The molecule has 0 radical (unpaired) electrons. The lowest BCUT2D eigenvalue weighted by atomic mass is 10.2. The molecule has 0 bridgehead atoms. The molecule has 0 spiro atoms. The van der Waals surface area contributed by atoms with Crippen LogP contribution in [-0.4, -0.2) is 41.7 Å². The van der Waals surface area contributed by atoms with Gasteiger partial charge < -0.3 is 15.5 Å². The van der Waals surface area contributed by atoms with Crippen LogP contribution in [0, 0.1) is 0 Å². The Hall–Kier alpha value is -1.83. The van der Waals surface area contributed by atoms with Crippen LogP contribution >= 0.6 is 35.1 Å². The smallest absolute Gasteiger partial charge is 0.237 e. The van der Waals surface area contributed by atoms with Gasteiger partial charge in [0.1, 0.15) is 0 Å². The van der Waals surface area contributed by atoms with Crippen molar-refractivity contribution in [2.24, 2.45) is 0 Å². The molecular formula is C21H24ClN3O2S2. The average Bonchev–Trinajstić information content (AvgIpc) is 2.70. The van der Waals surface area contributed by atoms with Crippen molar-refractivity contribution >= 4 is 64.0 Å². The molecule has 5 nitrogen and oxygen atoms in total. The Labute approximate surface area is 184 Å². The van der Waals surface area contributed by atoms with Gasteiger partial charge in [-0.1, -0.05) is 11.6 Å². The normalized spacial score (nSPS) is 14.9. The van der Waals surface area contributed by atoms with Crippen LogP contribution in [0.3, 0.4) is 0 Å². The number of nitrogens with zero attached hydrogens (tertiary/aromatic N) is 1. The summed E-state index contributed by atoms with van der Waals surface area (Å²) in [6.07, 6.45) is 0. The summed E-state index contributed by atoms with van der Waals surface area (Å²) >= 11 is 9.89. The second kappa shape index (κ2) is 10.3. The Morgan fingerprint density at radius 3 is 2.34 bits per heavy atom. The number of anilines is 3. The van der Waals surface area contributed by atoms with Crippen molar-refractivity contribution in [2.75, 3.05) is 40.1 Å². The van der Waals surface area contributed by atoms with Gasteiger partial charge in [0.25, 0.3) is 0 Å². The van der Waals surface area contributed by atoms with Gasteiger partial charge in [-0.25, -0.2) is 0 Å². The van der Waals surface area contributed by atoms with Gasteiger partial charge in [0, 0.05) is 47.8 Å². The molecule has 1 fully saturated rings. The Kier molecular flexibility index (Phi) is 7.75. The number of thioether (sulfide) groups is 2. The van der Waals surface area contributed by atoms with E-state index in [1.807, 2.05) is 61.2 Å². The molecule has 8 heteroatoms. The van der Waals surface area contributed by atoms with Crippen LogP contribution in [0.15, 0.2) is 47.4 Å². The number of nitrogens with one attached hydrogen (secondary N) is 2. The van der Waals surface area contributed by atoms with Gasteiger partial charge in [0.2, 0.25) is 11.8 Å². The van der Waals surface area contributed by atoms with E-state index in [1.54, 1.807) is 0 Å². The van der Waals surface area contributed by atoms with Gasteiger partial charge in [-0.2, -0.15) is 11.8 Å². The van der Waals surface area contributed by atoms with E-state index < -0.39 is 0 Å². The van der Waals surface area contributed by atoms with Crippen molar-refractivity contribution < 1.29 is 9.59 Å². The van der Waals surface area contributed by atoms with E-state index in [1.165, 1.54) is 18.7 Å². The number of carbonyl (C=O) groups excluding carboxylic acids is 2. The van der Waals surface area contributed by atoms with Crippen molar-refractivity contribution in [1.82, 2.24) is 0 Å². The number of hydrogen-bond donors (Lipinski definition) is 2. The third-order valence-corrected chi connectivity index (χ3v) is 6.78. The summed E-state index contributed by atoms with van der Waals surface area (Å²) < 4.78 is 0. The third-order valence-electron chi connectivity index (χ3n) is 4.42. The number of benzene rings is 2. The molecular weight excluding hydrogens is 426 g/mol. The maximum absolute atomic E-state index is 12.6. The molecule has 1 atom stereocenters. The Morgan fingerprint density at radius 1 is 1.07 bits per heavy atom. The van der Waals surface area contributed by atoms with E-state index >= 15 is 0 Å². The van der Waals surface area contributed by atoms with E-state index in [2.05, 4.69) is 15.5 Å². The summed E-state index contributed by atoms with van der Waals surface area (Å²) in [6.45, 7) is 5.32. The van der Waals surface area contributed by atoms with Gasteiger partial charge in [0.05, 0.1) is 16.0 Å². The molecule has 2 N–H and O–H groups in total. The van der Waals surface area contributed by atoms with Crippen LogP contribution in [0.25, 0.3) is 0 Å². The molecule has 2 amide bonds. The molecule has 154 valence electrons. The monoisotopic (exact) mass is 449 g/mol. The highest BCUT2D eigenvalue weighted by Gasteiger charge is 2.17. The quantitative estimate of drug-likeness (QED) is 0.609. The number of carbonyl (C=O) groups is 2. The molecule has 1 aliphatic heterocycles. The highest BCUT2D eigenvalue weighted by Crippen LogP contribution is 2.31. The van der Waals surface area contributed by atoms with Crippen LogP contribution in [0.1, 0.15) is 13.8 Å². The number of rotatable bonds is 6. The van der Waals surface area contributed by atoms with E-state index in [0.717, 1.165) is 40.9 Å². The predicted octanol–water partition coefficient (Wildman–Crippen LogP) is 4.97. The minimum absolute atomic E-state index is 0.0841. The van der Waals surface area contributed by atoms with E-state index in [-0.39, 0.29) is 17.1 Å².